The molecule has 4 rings (SSSR count). The van der Waals surface area contributed by atoms with Gasteiger partial charge in [0.2, 0.25) is 5.91 Å². The van der Waals surface area contributed by atoms with Crippen LogP contribution >= 0.6 is 0 Å². The third-order valence-electron chi connectivity index (χ3n) is 7.11. The summed E-state index contributed by atoms with van der Waals surface area (Å²) in [5.74, 6) is -1.52. The molecule has 2 atom stereocenters. The van der Waals surface area contributed by atoms with Gasteiger partial charge in [0.1, 0.15) is 12.6 Å². The van der Waals surface area contributed by atoms with Crippen molar-refractivity contribution >= 4 is 18.0 Å². The highest BCUT2D eigenvalue weighted by Crippen LogP contribution is 2.44. The second kappa shape index (κ2) is 13.8. The predicted octanol–water partition coefficient (Wildman–Crippen LogP) is 5.21. The molecule has 3 aromatic rings. The molecule has 0 saturated carbocycles. The molecule has 0 fully saturated rings. The molecule has 3 aromatic carbocycles. The molecule has 0 aliphatic heterocycles. The van der Waals surface area contributed by atoms with E-state index in [0.717, 1.165) is 27.8 Å². The van der Waals surface area contributed by atoms with Gasteiger partial charge in [0.15, 0.2) is 0 Å². The van der Waals surface area contributed by atoms with E-state index in [1.54, 1.807) is 6.92 Å². The minimum absolute atomic E-state index is 0.0380. The summed E-state index contributed by atoms with van der Waals surface area (Å²) in [5, 5.41) is 11.9. The van der Waals surface area contributed by atoms with Crippen molar-refractivity contribution in [2.24, 2.45) is 0 Å². The number of carboxylic acid groups (broad SMARTS) is 1. The first-order valence-electron chi connectivity index (χ1n) is 13.7. The summed E-state index contributed by atoms with van der Waals surface area (Å²) in [6.45, 7) is 4.39. The van der Waals surface area contributed by atoms with E-state index in [1.165, 1.54) is 4.90 Å². The van der Waals surface area contributed by atoms with Crippen LogP contribution < -0.4 is 5.32 Å². The van der Waals surface area contributed by atoms with Gasteiger partial charge in [-0.1, -0.05) is 85.8 Å². The van der Waals surface area contributed by atoms with Crippen LogP contribution in [0.25, 0.3) is 11.1 Å². The lowest BCUT2D eigenvalue weighted by molar-refractivity contribution is -0.140. The lowest BCUT2D eigenvalue weighted by Crippen LogP contribution is -2.55. The summed E-state index contributed by atoms with van der Waals surface area (Å²) in [7, 11) is 0. The smallest absolute Gasteiger partial charge is 0.407 e. The van der Waals surface area contributed by atoms with E-state index in [2.05, 4.69) is 17.4 Å². The van der Waals surface area contributed by atoms with E-state index in [0.29, 0.717) is 13.0 Å². The van der Waals surface area contributed by atoms with E-state index in [9.17, 15) is 19.5 Å². The van der Waals surface area contributed by atoms with Gasteiger partial charge in [-0.25, -0.2) is 4.79 Å². The summed E-state index contributed by atoms with van der Waals surface area (Å²) in [4.78, 5) is 39.4. The Morgan fingerprint density at radius 3 is 2.10 bits per heavy atom. The van der Waals surface area contributed by atoms with Crippen molar-refractivity contribution in [3.63, 3.8) is 0 Å². The number of amides is 2. The number of ether oxygens (including phenoxy) is 2. The van der Waals surface area contributed by atoms with Gasteiger partial charge in [-0.05, 0) is 41.2 Å². The molecule has 210 valence electrons. The van der Waals surface area contributed by atoms with Gasteiger partial charge in [0, 0.05) is 19.0 Å². The SMILES string of the molecule is CCCN(CCC(=O)O)C(=O)C(NC(=O)OCC1c2ccccc2-c2ccccc21)C(C)OCc1ccccc1. The van der Waals surface area contributed by atoms with Crippen LogP contribution in [0.15, 0.2) is 78.9 Å². The molecule has 0 heterocycles. The van der Waals surface area contributed by atoms with Crippen molar-refractivity contribution in [1.29, 1.82) is 0 Å². The van der Waals surface area contributed by atoms with Crippen molar-refractivity contribution in [3.8, 4) is 11.1 Å². The molecule has 2 N–H and O–H groups in total. The maximum Gasteiger partial charge on any atom is 0.407 e. The standard InChI is InChI=1S/C32H36N2O6/c1-3-18-34(19-17-29(35)36)31(37)30(22(2)39-20-23-11-5-4-6-12-23)33-32(38)40-21-28-26-15-9-7-13-24(26)25-14-8-10-16-27(25)28/h4-16,22,28,30H,3,17-21H2,1-2H3,(H,33,38)(H,35,36). The van der Waals surface area contributed by atoms with Crippen LogP contribution in [-0.2, 0) is 25.7 Å². The number of nitrogens with zero attached hydrogens (tertiary/aromatic N) is 1. The number of rotatable bonds is 13. The van der Waals surface area contributed by atoms with Gasteiger partial charge in [-0.2, -0.15) is 0 Å². The second-order valence-corrected chi connectivity index (χ2v) is 9.92. The predicted molar refractivity (Wildman–Crippen MR) is 152 cm³/mol. The fraction of sp³-hybridized carbons (Fsp3) is 0.344. The number of carboxylic acids is 1. The van der Waals surface area contributed by atoms with Crippen molar-refractivity contribution in [3.05, 3.63) is 95.6 Å². The van der Waals surface area contributed by atoms with Gasteiger partial charge in [-0.3, -0.25) is 9.59 Å². The highest BCUT2D eigenvalue weighted by Gasteiger charge is 2.33. The third kappa shape index (κ3) is 7.07. The number of carbonyl (C=O) groups is 3. The number of fused-ring (bicyclic) bond motifs is 3. The molecule has 8 nitrogen and oxygen atoms in total. The zero-order valence-corrected chi connectivity index (χ0v) is 22.9. The Kier molecular flexibility index (Phi) is 9.91. The molecule has 8 heteroatoms. The molecule has 2 unspecified atom stereocenters. The number of hydrogen-bond acceptors (Lipinski definition) is 5. The number of carbonyl (C=O) groups excluding carboxylic acids is 2. The average molecular weight is 545 g/mol. The third-order valence-corrected chi connectivity index (χ3v) is 7.11. The maximum atomic E-state index is 13.6. The van der Waals surface area contributed by atoms with Crippen molar-refractivity contribution in [2.75, 3.05) is 19.7 Å². The van der Waals surface area contributed by atoms with Crippen LogP contribution in [0.2, 0.25) is 0 Å². The minimum Gasteiger partial charge on any atom is -0.481 e. The fourth-order valence-electron chi connectivity index (χ4n) is 5.07. The molecule has 40 heavy (non-hydrogen) atoms. The summed E-state index contributed by atoms with van der Waals surface area (Å²) in [5.41, 5.74) is 5.35. The molecule has 1 aliphatic rings. The van der Waals surface area contributed by atoms with Crippen LogP contribution in [0.3, 0.4) is 0 Å². The fourth-order valence-corrected chi connectivity index (χ4v) is 5.07. The van der Waals surface area contributed by atoms with Crippen LogP contribution in [0.4, 0.5) is 4.79 Å². The average Bonchev–Trinajstić information content (AvgIpc) is 3.29. The summed E-state index contributed by atoms with van der Waals surface area (Å²) in [6.07, 6.45) is -0.979. The van der Waals surface area contributed by atoms with Crippen molar-refractivity contribution in [1.82, 2.24) is 10.2 Å². The van der Waals surface area contributed by atoms with Gasteiger partial charge in [0.05, 0.1) is 19.1 Å². The molecule has 0 saturated heterocycles. The molecule has 0 spiro atoms. The van der Waals surface area contributed by atoms with E-state index >= 15 is 0 Å². The first-order chi connectivity index (χ1) is 19.4. The van der Waals surface area contributed by atoms with Gasteiger partial charge in [0.25, 0.3) is 0 Å². The molecular weight excluding hydrogens is 508 g/mol. The Hall–Kier alpha value is -4.17. The second-order valence-electron chi connectivity index (χ2n) is 9.92. The summed E-state index contributed by atoms with van der Waals surface area (Å²) in [6, 6.07) is 24.6. The maximum absolute atomic E-state index is 13.6. The first kappa shape index (κ1) is 28.8. The minimum atomic E-state index is -1.06. The zero-order valence-electron chi connectivity index (χ0n) is 22.9. The van der Waals surface area contributed by atoms with E-state index in [-0.39, 0.29) is 32.1 Å². The Morgan fingerprint density at radius 2 is 1.50 bits per heavy atom. The Morgan fingerprint density at radius 1 is 0.900 bits per heavy atom. The van der Waals surface area contributed by atoms with E-state index in [4.69, 9.17) is 9.47 Å². The topological polar surface area (TPSA) is 105 Å². The number of alkyl carbamates (subject to hydrolysis) is 1. The Labute approximate surface area is 234 Å². The van der Waals surface area contributed by atoms with Crippen molar-refractivity contribution < 1.29 is 29.0 Å². The lowest BCUT2D eigenvalue weighted by atomic mass is 9.98. The van der Waals surface area contributed by atoms with Crippen molar-refractivity contribution in [2.45, 2.75) is 51.4 Å². The van der Waals surface area contributed by atoms with Crippen LogP contribution in [0.1, 0.15) is 49.3 Å². The monoisotopic (exact) mass is 544 g/mol. The van der Waals surface area contributed by atoms with Crippen LogP contribution in [0, 0.1) is 0 Å². The van der Waals surface area contributed by atoms with Crippen LogP contribution in [0.5, 0.6) is 0 Å². The molecule has 0 radical (unpaired) electrons. The Balaban J connectivity index is 1.47. The summed E-state index contributed by atoms with van der Waals surface area (Å²) >= 11 is 0. The molecule has 2 amide bonds. The number of benzene rings is 3. The number of hydrogen-bond donors (Lipinski definition) is 2. The van der Waals surface area contributed by atoms with E-state index in [1.807, 2.05) is 73.7 Å². The quantitative estimate of drug-likeness (QED) is 0.306. The lowest BCUT2D eigenvalue weighted by Gasteiger charge is -2.30. The van der Waals surface area contributed by atoms with E-state index < -0.39 is 30.1 Å². The Bertz CT molecular complexity index is 1270. The molecule has 0 bridgehead atoms. The van der Waals surface area contributed by atoms with Crippen LogP contribution in [-0.4, -0.2) is 59.8 Å². The number of nitrogens with one attached hydrogen (secondary N) is 1. The largest absolute Gasteiger partial charge is 0.481 e. The molecule has 1 aliphatic carbocycles. The van der Waals surface area contributed by atoms with Gasteiger partial charge in [-0.15, -0.1) is 0 Å². The summed E-state index contributed by atoms with van der Waals surface area (Å²) < 4.78 is 11.7. The normalized spacial score (nSPS) is 13.6. The highest BCUT2D eigenvalue weighted by molar-refractivity contribution is 5.87. The van der Waals surface area contributed by atoms with Gasteiger partial charge < -0.3 is 24.8 Å². The molecule has 0 aromatic heterocycles. The first-order valence-corrected chi connectivity index (χ1v) is 13.7. The van der Waals surface area contributed by atoms with Gasteiger partial charge >= 0.3 is 12.1 Å². The number of aliphatic carboxylic acids is 1. The highest BCUT2D eigenvalue weighted by atomic mass is 16.5. The molecular formula is C32H36N2O6. The zero-order chi connectivity index (χ0) is 28.5.